The monoisotopic (exact) mass is 314 g/mol. The van der Waals surface area contributed by atoms with Gasteiger partial charge in [-0.15, -0.1) is 0 Å². The fourth-order valence-corrected chi connectivity index (χ4v) is 3.08. The predicted molar refractivity (Wildman–Crippen MR) is 96.2 cm³/mol. The van der Waals surface area contributed by atoms with Gasteiger partial charge < -0.3 is 4.74 Å². The van der Waals surface area contributed by atoms with Crippen LogP contribution < -0.4 is 0 Å². The molecule has 0 unspecified atom stereocenters. The first-order valence-corrected chi connectivity index (χ1v) is 8.83. The molecule has 0 radical (unpaired) electrons. The predicted octanol–water partition coefficient (Wildman–Crippen LogP) is 5.81. The topological polar surface area (TPSA) is 26.3 Å². The average molecular weight is 314 g/mol. The summed E-state index contributed by atoms with van der Waals surface area (Å²) >= 11 is 0. The number of allylic oxidation sites excluding steroid dienone is 7. The van der Waals surface area contributed by atoms with Gasteiger partial charge >= 0.3 is 0 Å². The summed E-state index contributed by atoms with van der Waals surface area (Å²) in [5, 5.41) is 0. The number of ether oxygens (including phenoxy) is 1. The molecule has 126 valence electrons. The molecule has 1 heterocycles. The summed E-state index contributed by atoms with van der Waals surface area (Å²) in [6.45, 7) is 8.61. The third kappa shape index (κ3) is 5.23. The minimum atomic E-state index is -0.272. The van der Waals surface area contributed by atoms with E-state index in [0.717, 1.165) is 49.9 Å². The molecule has 0 aromatic rings. The molecule has 0 bridgehead atoms. The smallest absolute Gasteiger partial charge is 0.166 e. The van der Waals surface area contributed by atoms with E-state index in [1.165, 1.54) is 11.1 Å². The SMILES string of the molecule is CC(C)=CCC/C=C(\C)CC[C@@]1(C)C=CC2=C(CCCC2=O)O1. The van der Waals surface area contributed by atoms with Crippen molar-refractivity contribution < 1.29 is 9.53 Å². The van der Waals surface area contributed by atoms with Gasteiger partial charge in [-0.25, -0.2) is 0 Å². The van der Waals surface area contributed by atoms with E-state index >= 15 is 0 Å². The summed E-state index contributed by atoms with van der Waals surface area (Å²) in [5.74, 6) is 1.15. The Bertz CT molecular complexity index is 571. The van der Waals surface area contributed by atoms with Crippen molar-refractivity contribution in [2.24, 2.45) is 0 Å². The number of unbranched alkanes of at least 4 members (excludes halogenated alkanes) is 1. The van der Waals surface area contributed by atoms with Crippen LogP contribution in [0.5, 0.6) is 0 Å². The third-order valence-corrected chi connectivity index (χ3v) is 4.60. The number of hydrogen-bond donors (Lipinski definition) is 0. The van der Waals surface area contributed by atoms with Crippen LogP contribution in [0.2, 0.25) is 0 Å². The molecule has 0 aromatic heterocycles. The molecule has 1 atom stereocenters. The number of carbonyl (C=O) groups excluding carboxylic acids is 1. The molecule has 23 heavy (non-hydrogen) atoms. The zero-order valence-electron chi connectivity index (χ0n) is 15.1. The maximum atomic E-state index is 11.9. The van der Waals surface area contributed by atoms with Crippen molar-refractivity contribution in [3.05, 3.63) is 46.8 Å². The van der Waals surface area contributed by atoms with Gasteiger partial charge in [0.25, 0.3) is 0 Å². The van der Waals surface area contributed by atoms with Crippen LogP contribution in [0, 0.1) is 0 Å². The fourth-order valence-electron chi connectivity index (χ4n) is 3.08. The van der Waals surface area contributed by atoms with E-state index in [0.29, 0.717) is 6.42 Å². The van der Waals surface area contributed by atoms with Gasteiger partial charge in [0.1, 0.15) is 11.4 Å². The summed E-state index contributed by atoms with van der Waals surface area (Å²) in [4.78, 5) is 11.9. The first-order valence-electron chi connectivity index (χ1n) is 8.83. The van der Waals surface area contributed by atoms with Crippen molar-refractivity contribution >= 4 is 5.78 Å². The zero-order chi connectivity index (χ0) is 16.9. The Morgan fingerprint density at radius 1 is 1.22 bits per heavy atom. The third-order valence-electron chi connectivity index (χ3n) is 4.60. The van der Waals surface area contributed by atoms with E-state index in [2.05, 4.69) is 45.9 Å². The maximum absolute atomic E-state index is 11.9. The Hall–Kier alpha value is -1.57. The van der Waals surface area contributed by atoms with Crippen LogP contribution in [0.15, 0.2) is 46.8 Å². The molecular weight excluding hydrogens is 284 g/mol. The lowest BCUT2D eigenvalue weighted by molar-refractivity contribution is -0.116. The Morgan fingerprint density at radius 3 is 2.70 bits per heavy atom. The molecule has 2 nitrogen and oxygen atoms in total. The molecule has 2 aliphatic rings. The molecule has 2 rings (SSSR count). The molecule has 0 saturated heterocycles. The van der Waals surface area contributed by atoms with E-state index in [-0.39, 0.29) is 11.4 Å². The molecule has 0 saturated carbocycles. The van der Waals surface area contributed by atoms with Crippen LogP contribution in [0.1, 0.15) is 72.6 Å². The van der Waals surface area contributed by atoms with E-state index in [1.807, 2.05) is 6.08 Å². The number of ketones is 1. The summed E-state index contributed by atoms with van der Waals surface area (Å²) in [6, 6.07) is 0. The highest BCUT2D eigenvalue weighted by atomic mass is 16.5. The molecule has 0 fully saturated rings. The second-order valence-electron chi connectivity index (χ2n) is 7.27. The average Bonchev–Trinajstić information content (AvgIpc) is 2.49. The van der Waals surface area contributed by atoms with Crippen molar-refractivity contribution in [3.8, 4) is 0 Å². The van der Waals surface area contributed by atoms with Crippen LogP contribution in [-0.4, -0.2) is 11.4 Å². The van der Waals surface area contributed by atoms with Crippen LogP contribution in [-0.2, 0) is 9.53 Å². The number of hydrogen-bond acceptors (Lipinski definition) is 2. The quantitative estimate of drug-likeness (QED) is 0.456. The molecule has 0 spiro atoms. The largest absolute Gasteiger partial charge is 0.487 e. The van der Waals surface area contributed by atoms with Gasteiger partial charge in [0, 0.05) is 12.8 Å². The lowest BCUT2D eigenvalue weighted by Crippen LogP contribution is -2.31. The van der Waals surface area contributed by atoms with Gasteiger partial charge in [-0.05, 0) is 72.0 Å². The first-order chi connectivity index (χ1) is 10.9. The number of carbonyl (C=O) groups is 1. The van der Waals surface area contributed by atoms with Gasteiger partial charge in [0.05, 0.1) is 5.57 Å². The van der Waals surface area contributed by atoms with Crippen LogP contribution in [0.25, 0.3) is 0 Å². The fraction of sp³-hybridized carbons (Fsp3) is 0.571. The van der Waals surface area contributed by atoms with E-state index < -0.39 is 0 Å². The highest BCUT2D eigenvalue weighted by Crippen LogP contribution is 2.35. The van der Waals surface area contributed by atoms with Gasteiger partial charge in [0.15, 0.2) is 5.78 Å². The second kappa shape index (κ2) is 7.81. The Labute approximate surface area is 141 Å². The Kier molecular flexibility index (Phi) is 6.04. The molecule has 0 amide bonds. The van der Waals surface area contributed by atoms with E-state index in [4.69, 9.17) is 4.74 Å². The minimum Gasteiger partial charge on any atom is -0.487 e. The lowest BCUT2D eigenvalue weighted by Gasteiger charge is -2.34. The summed E-state index contributed by atoms with van der Waals surface area (Å²) in [6.07, 6.45) is 15.4. The second-order valence-corrected chi connectivity index (χ2v) is 7.27. The number of Topliss-reactive ketones (excluding diaryl/α,β-unsaturated/α-hetero) is 1. The van der Waals surface area contributed by atoms with Crippen molar-refractivity contribution in [1.82, 2.24) is 0 Å². The summed E-state index contributed by atoms with van der Waals surface area (Å²) < 4.78 is 6.19. The van der Waals surface area contributed by atoms with Crippen LogP contribution in [0.4, 0.5) is 0 Å². The standard InChI is InChI=1S/C21H30O2/c1-16(2)8-5-6-9-17(3)12-14-21(4)15-13-18-19(22)10-7-11-20(18)23-21/h8-9,13,15H,5-7,10-12,14H2,1-4H3/b17-9+/t21-/m0/s1. The Morgan fingerprint density at radius 2 is 1.96 bits per heavy atom. The normalized spacial score (nSPS) is 24.3. The Balaban J connectivity index is 1.86. The van der Waals surface area contributed by atoms with Gasteiger partial charge in [-0.2, -0.15) is 0 Å². The lowest BCUT2D eigenvalue weighted by atomic mass is 9.88. The van der Waals surface area contributed by atoms with Crippen molar-refractivity contribution in [3.63, 3.8) is 0 Å². The first kappa shape index (κ1) is 17.8. The molecule has 0 aromatic carbocycles. The highest BCUT2D eigenvalue weighted by Gasteiger charge is 2.32. The van der Waals surface area contributed by atoms with Crippen LogP contribution >= 0.6 is 0 Å². The summed E-state index contributed by atoms with van der Waals surface area (Å²) in [7, 11) is 0. The van der Waals surface area contributed by atoms with Crippen LogP contribution in [0.3, 0.4) is 0 Å². The van der Waals surface area contributed by atoms with Gasteiger partial charge in [-0.1, -0.05) is 23.3 Å². The summed E-state index contributed by atoms with van der Waals surface area (Å²) in [5.41, 5.74) is 3.34. The molecule has 1 aliphatic heterocycles. The van der Waals surface area contributed by atoms with Gasteiger partial charge in [-0.3, -0.25) is 4.79 Å². The molecule has 1 aliphatic carbocycles. The zero-order valence-corrected chi connectivity index (χ0v) is 15.1. The van der Waals surface area contributed by atoms with Crippen molar-refractivity contribution in [2.75, 3.05) is 0 Å². The highest BCUT2D eigenvalue weighted by molar-refractivity contribution is 5.99. The molecular formula is C21H30O2. The van der Waals surface area contributed by atoms with Crippen molar-refractivity contribution in [2.45, 2.75) is 78.2 Å². The van der Waals surface area contributed by atoms with E-state index in [1.54, 1.807) is 0 Å². The minimum absolute atomic E-state index is 0.236. The van der Waals surface area contributed by atoms with Gasteiger partial charge in [0.2, 0.25) is 0 Å². The molecule has 2 heteroatoms. The van der Waals surface area contributed by atoms with Crippen molar-refractivity contribution in [1.29, 1.82) is 0 Å². The molecule has 0 N–H and O–H groups in total. The number of rotatable bonds is 6. The van der Waals surface area contributed by atoms with E-state index in [9.17, 15) is 4.79 Å². The maximum Gasteiger partial charge on any atom is 0.166 e.